The molecule has 3 rings (SSSR count). The molecule has 1 N–H and O–H groups in total. The number of benzene rings is 2. The molecular weight excluding hydrogens is 454 g/mol. The zero-order chi connectivity index (χ0) is 22.9. The molecule has 0 unspecified atom stereocenters. The van der Waals surface area contributed by atoms with Crippen molar-refractivity contribution in [2.45, 2.75) is 38.6 Å². The topological polar surface area (TPSA) is 79.4 Å². The van der Waals surface area contributed by atoms with Crippen LogP contribution in [-0.4, -0.2) is 36.7 Å². The lowest BCUT2D eigenvalue weighted by Crippen LogP contribution is -2.33. The van der Waals surface area contributed by atoms with Crippen molar-refractivity contribution in [3.8, 4) is 11.3 Å². The van der Waals surface area contributed by atoms with Gasteiger partial charge in [-0.15, -0.1) is 11.3 Å². The van der Waals surface area contributed by atoms with Crippen LogP contribution in [0.4, 0.5) is 5.13 Å². The van der Waals surface area contributed by atoms with Crippen LogP contribution in [0.3, 0.4) is 0 Å². The number of aryl methyl sites for hydroxylation is 2. The Hall–Kier alpha value is -2.26. The molecule has 0 saturated heterocycles. The van der Waals surface area contributed by atoms with E-state index in [2.05, 4.69) is 16.4 Å². The molecule has 0 fully saturated rings. The number of hydrogen-bond acceptors (Lipinski definition) is 5. The first-order valence-corrected chi connectivity index (χ1v) is 12.3. The minimum absolute atomic E-state index is 0.00774. The van der Waals surface area contributed by atoms with E-state index in [1.807, 2.05) is 31.4 Å². The standard InChI is InChI=1S/C22H24ClN3O3S2/c1-13(2)26(5)31(28,29)16-7-9-19(23)18(11-16)21(27)25-22-24-20(12-30-22)17-8-6-14(3)10-15(17)4/h6-13H,1-5H3,(H,24,25,27). The Morgan fingerprint density at radius 2 is 1.87 bits per heavy atom. The quantitative estimate of drug-likeness (QED) is 0.518. The van der Waals surface area contributed by atoms with Gasteiger partial charge in [-0.1, -0.05) is 35.4 Å². The number of carbonyl (C=O) groups excluding carboxylic acids is 1. The Morgan fingerprint density at radius 1 is 1.16 bits per heavy atom. The molecule has 1 amide bonds. The summed E-state index contributed by atoms with van der Waals surface area (Å²) >= 11 is 7.49. The number of carbonyl (C=O) groups is 1. The summed E-state index contributed by atoms with van der Waals surface area (Å²) in [5, 5.41) is 5.16. The van der Waals surface area contributed by atoms with Crippen molar-refractivity contribution in [3.63, 3.8) is 0 Å². The molecule has 0 aliphatic rings. The van der Waals surface area contributed by atoms with Crippen LogP contribution in [0.25, 0.3) is 11.3 Å². The maximum Gasteiger partial charge on any atom is 0.259 e. The average molecular weight is 478 g/mol. The zero-order valence-electron chi connectivity index (χ0n) is 17.9. The Morgan fingerprint density at radius 3 is 2.52 bits per heavy atom. The van der Waals surface area contributed by atoms with Crippen LogP contribution in [0.5, 0.6) is 0 Å². The number of anilines is 1. The highest BCUT2D eigenvalue weighted by atomic mass is 35.5. The third-order valence-electron chi connectivity index (χ3n) is 4.97. The minimum Gasteiger partial charge on any atom is -0.298 e. The number of thiazole rings is 1. The molecule has 0 radical (unpaired) electrons. The molecule has 2 aromatic carbocycles. The van der Waals surface area contributed by atoms with Gasteiger partial charge in [-0.25, -0.2) is 13.4 Å². The smallest absolute Gasteiger partial charge is 0.259 e. The first-order valence-electron chi connectivity index (χ1n) is 9.63. The summed E-state index contributed by atoms with van der Waals surface area (Å²) in [6.07, 6.45) is 0. The van der Waals surface area contributed by atoms with Crippen molar-refractivity contribution < 1.29 is 13.2 Å². The van der Waals surface area contributed by atoms with Gasteiger partial charge in [0.2, 0.25) is 10.0 Å². The van der Waals surface area contributed by atoms with Crippen LogP contribution in [0, 0.1) is 13.8 Å². The lowest BCUT2D eigenvalue weighted by molar-refractivity contribution is 0.102. The summed E-state index contributed by atoms with van der Waals surface area (Å²) in [5.74, 6) is -0.518. The minimum atomic E-state index is -3.74. The molecule has 6 nitrogen and oxygen atoms in total. The Balaban J connectivity index is 1.87. The number of halogens is 1. The molecule has 0 atom stereocenters. The SMILES string of the molecule is Cc1ccc(-c2csc(NC(=O)c3cc(S(=O)(=O)N(C)C(C)C)ccc3Cl)n2)c(C)c1. The maximum atomic E-state index is 12.8. The van der Waals surface area contributed by atoms with E-state index < -0.39 is 15.9 Å². The largest absolute Gasteiger partial charge is 0.298 e. The first kappa shape index (κ1) is 23.4. The van der Waals surface area contributed by atoms with Gasteiger partial charge in [-0.05, 0) is 51.5 Å². The summed E-state index contributed by atoms with van der Waals surface area (Å²) in [7, 11) is -2.24. The molecule has 1 aromatic heterocycles. The van der Waals surface area contributed by atoms with Gasteiger partial charge in [0.05, 0.1) is 21.2 Å². The van der Waals surface area contributed by atoms with Crippen LogP contribution < -0.4 is 5.32 Å². The van der Waals surface area contributed by atoms with E-state index >= 15 is 0 Å². The number of nitrogens with one attached hydrogen (secondary N) is 1. The molecule has 0 aliphatic carbocycles. The number of nitrogens with zero attached hydrogens (tertiary/aromatic N) is 2. The van der Waals surface area contributed by atoms with Gasteiger partial charge in [-0.3, -0.25) is 10.1 Å². The lowest BCUT2D eigenvalue weighted by Gasteiger charge is -2.21. The number of sulfonamides is 1. The lowest BCUT2D eigenvalue weighted by atomic mass is 10.0. The van der Waals surface area contributed by atoms with E-state index in [-0.39, 0.29) is 21.5 Å². The molecule has 0 bridgehead atoms. The predicted molar refractivity (Wildman–Crippen MR) is 127 cm³/mol. The monoisotopic (exact) mass is 477 g/mol. The van der Waals surface area contributed by atoms with Crippen LogP contribution in [-0.2, 0) is 10.0 Å². The van der Waals surface area contributed by atoms with Gasteiger partial charge in [0, 0.05) is 24.0 Å². The summed E-state index contributed by atoms with van der Waals surface area (Å²) in [5.41, 5.74) is 4.09. The molecule has 31 heavy (non-hydrogen) atoms. The average Bonchev–Trinajstić information content (AvgIpc) is 3.15. The van der Waals surface area contributed by atoms with Crippen molar-refractivity contribution in [2.75, 3.05) is 12.4 Å². The fourth-order valence-corrected chi connectivity index (χ4v) is 5.31. The van der Waals surface area contributed by atoms with Crippen molar-refractivity contribution in [2.24, 2.45) is 0 Å². The second-order valence-electron chi connectivity index (χ2n) is 7.57. The van der Waals surface area contributed by atoms with Crippen LogP contribution >= 0.6 is 22.9 Å². The Labute approximate surface area is 191 Å². The Kier molecular flexibility index (Phi) is 6.85. The van der Waals surface area contributed by atoms with E-state index in [0.29, 0.717) is 5.13 Å². The van der Waals surface area contributed by atoms with Gasteiger partial charge in [0.1, 0.15) is 0 Å². The molecular formula is C22H24ClN3O3S2. The van der Waals surface area contributed by atoms with Crippen LogP contribution in [0.1, 0.15) is 35.3 Å². The molecule has 164 valence electrons. The third-order valence-corrected chi connectivity index (χ3v) is 8.09. The summed E-state index contributed by atoms with van der Waals surface area (Å²) in [6, 6.07) is 9.98. The predicted octanol–water partition coefficient (Wildman–Crippen LogP) is 5.36. The van der Waals surface area contributed by atoms with Gasteiger partial charge in [-0.2, -0.15) is 4.31 Å². The van der Waals surface area contributed by atoms with Gasteiger partial charge in [0.15, 0.2) is 5.13 Å². The molecule has 3 aromatic rings. The highest BCUT2D eigenvalue weighted by Crippen LogP contribution is 2.29. The normalized spacial score (nSPS) is 11.9. The van der Waals surface area contributed by atoms with Crippen molar-refractivity contribution >= 4 is 44.0 Å². The van der Waals surface area contributed by atoms with E-state index in [0.717, 1.165) is 22.4 Å². The van der Waals surface area contributed by atoms with Gasteiger partial charge in [0.25, 0.3) is 5.91 Å². The van der Waals surface area contributed by atoms with Gasteiger partial charge < -0.3 is 0 Å². The number of amides is 1. The second-order valence-corrected chi connectivity index (χ2v) is 10.8. The number of hydrogen-bond donors (Lipinski definition) is 1. The van der Waals surface area contributed by atoms with E-state index in [1.165, 1.54) is 40.9 Å². The highest BCUT2D eigenvalue weighted by molar-refractivity contribution is 7.89. The van der Waals surface area contributed by atoms with E-state index in [4.69, 9.17) is 11.6 Å². The number of rotatable bonds is 6. The van der Waals surface area contributed by atoms with Gasteiger partial charge >= 0.3 is 0 Å². The van der Waals surface area contributed by atoms with Crippen molar-refractivity contribution in [1.29, 1.82) is 0 Å². The van der Waals surface area contributed by atoms with Crippen LogP contribution in [0.2, 0.25) is 5.02 Å². The molecule has 0 aliphatic heterocycles. The number of aromatic nitrogens is 1. The third kappa shape index (κ3) is 4.98. The van der Waals surface area contributed by atoms with E-state index in [1.54, 1.807) is 13.8 Å². The fourth-order valence-electron chi connectivity index (χ4n) is 3.00. The fraction of sp³-hybridized carbons (Fsp3) is 0.273. The molecule has 1 heterocycles. The molecule has 9 heteroatoms. The highest BCUT2D eigenvalue weighted by Gasteiger charge is 2.25. The summed E-state index contributed by atoms with van der Waals surface area (Å²) in [6.45, 7) is 7.59. The first-order chi connectivity index (χ1) is 14.5. The van der Waals surface area contributed by atoms with Crippen LogP contribution in [0.15, 0.2) is 46.7 Å². The molecule has 0 spiro atoms. The Bertz CT molecular complexity index is 1240. The molecule has 0 saturated carbocycles. The second kappa shape index (κ2) is 9.08. The maximum absolute atomic E-state index is 12.8. The summed E-state index contributed by atoms with van der Waals surface area (Å²) < 4.78 is 26.8. The zero-order valence-corrected chi connectivity index (χ0v) is 20.3. The van der Waals surface area contributed by atoms with E-state index in [9.17, 15) is 13.2 Å². The van der Waals surface area contributed by atoms with Crippen molar-refractivity contribution in [1.82, 2.24) is 9.29 Å². The van der Waals surface area contributed by atoms with Crippen molar-refractivity contribution in [3.05, 3.63) is 63.5 Å². The summed E-state index contributed by atoms with van der Waals surface area (Å²) in [4.78, 5) is 17.4.